The summed E-state index contributed by atoms with van der Waals surface area (Å²) in [5, 5.41) is 0. The Morgan fingerprint density at radius 3 is 2.92 bits per heavy atom. The smallest absolute Gasteiger partial charge is 0.124 e. The molecule has 1 aromatic rings. The minimum Gasteiger partial charge on any atom is -0.207 e. The van der Waals surface area contributed by atoms with Gasteiger partial charge in [-0.15, -0.1) is 11.8 Å². The van der Waals surface area contributed by atoms with Gasteiger partial charge >= 0.3 is 0 Å². The van der Waals surface area contributed by atoms with E-state index in [2.05, 4.69) is 12.6 Å². The summed E-state index contributed by atoms with van der Waals surface area (Å²) in [5.74, 6) is 1.44. The van der Waals surface area contributed by atoms with E-state index in [9.17, 15) is 4.39 Å². The van der Waals surface area contributed by atoms with Crippen LogP contribution in [0.25, 0.3) is 0 Å². The number of benzene rings is 1. The second-order valence-electron chi connectivity index (χ2n) is 2.42. The van der Waals surface area contributed by atoms with Crippen LogP contribution in [0.3, 0.4) is 0 Å². The van der Waals surface area contributed by atoms with E-state index in [1.54, 1.807) is 23.9 Å². The summed E-state index contributed by atoms with van der Waals surface area (Å²) in [6.45, 7) is 0. The fourth-order valence-corrected chi connectivity index (χ4v) is 1.79. The molecule has 0 aliphatic heterocycles. The maximum atomic E-state index is 12.7. The Balaban J connectivity index is 2.41. The molecular weight excluding hydrogens is 203 g/mol. The predicted molar refractivity (Wildman–Crippen MR) is 60.1 cm³/mol. The van der Waals surface area contributed by atoms with Gasteiger partial charge in [0.15, 0.2) is 0 Å². The molecule has 0 spiro atoms. The number of thiol groups is 1. The molecule has 0 amide bonds. The average molecular weight is 214 g/mol. The third-order valence-corrected chi connectivity index (χ3v) is 2.57. The Morgan fingerprint density at radius 1 is 1.38 bits per heavy atom. The van der Waals surface area contributed by atoms with Gasteiger partial charge in [0.25, 0.3) is 0 Å². The lowest BCUT2D eigenvalue weighted by Crippen LogP contribution is -1.77. The lowest BCUT2D eigenvalue weighted by Gasteiger charge is -1.97. The molecule has 0 aliphatic rings. The Morgan fingerprint density at radius 2 is 2.23 bits per heavy atom. The van der Waals surface area contributed by atoms with Crippen molar-refractivity contribution in [2.24, 2.45) is 0 Å². The molecule has 0 unspecified atom stereocenters. The van der Waals surface area contributed by atoms with Crippen molar-refractivity contribution < 1.29 is 4.39 Å². The summed E-state index contributed by atoms with van der Waals surface area (Å²) in [7, 11) is 0. The van der Waals surface area contributed by atoms with Crippen molar-refractivity contribution >= 4 is 24.4 Å². The molecule has 3 heteroatoms. The van der Waals surface area contributed by atoms with Crippen LogP contribution in [0.2, 0.25) is 0 Å². The molecule has 0 heterocycles. The van der Waals surface area contributed by atoms with E-state index in [1.807, 2.05) is 18.2 Å². The second-order valence-corrected chi connectivity index (χ2v) is 3.88. The van der Waals surface area contributed by atoms with E-state index in [-0.39, 0.29) is 5.82 Å². The van der Waals surface area contributed by atoms with Gasteiger partial charge in [-0.2, -0.15) is 12.6 Å². The maximum absolute atomic E-state index is 12.7. The molecule has 0 saturated heterocycles. The quantitative estimate of drug-likeness (QED) is 0.455. The first-order chi connectivity index (χ1) is 6.33. The Labute approximate surface area is 87.6 Å². The molecule has 13 heavy (non-hydrogen) atoms. The van der Waals surface area contributed by atoms with Crippen molar-refractivity contribution in [2.75, 3.05) is 11.5 Å². The fraction of sp³-hybridized carbons (Fsp3) is 0.200. The largest absolute Gasteiger partial charge is 0.207 e. The molecule has 0 radical (unpaired) electrons. The van der Waals surface area contributed by atoms with Crippen LogP contribution < -0.4 is 0 Å². The fourth-order valence-electron chi connectivity index (χ4n) is 0.844. The Hall–Kier alpha value is -0.410. The van der Waals surface area contributed by atoms with Crippen molar-refractivity contribution in [1.82, 2.24) is 0 Å². The molecule has 1 rings (SSSR count). The van der Waals surface area contributed by atoms with E-state index in [0.29, 0.717) is 0 Å². The highest BCUT2D eigenvalue weighted by Gasteiger charge is 1.93. The third kappa shape index (κ3) is 4.39. The average Bonchev–Trinajstić information content (AvgIpc) is 2.13. The molecule has 0 bridgehead atoms. The lowest BCUT2D eigenvalue weighted by molar-refractivity contribution is 0.624. The van der Waals surface area contributed by atoms with Crippen molar-refractivity contribution in [3.8, 4) is 0 Å². The molecule has 0 N–H and O–H groups in total. The van der Waals surface area contributed by atoms with Crippen LogP contribution >= 0.6 is 24.4 Å². The normalized spacial score (nSPS) is 10.9. The first kappa shape index (κ1) is 10.7. The monoisotopic (exact) mass is 214 g/mol. The number of rotatable bonds is 4. The van der Waals surface area contributed by atoms with Gasteiger partial charge in [-0.3, -0.25) is 0 Å². The molecule has 0 aliphatic carbocycles. The van der Waals surface area contributed by atoms with E-state index in [1.165, 1.54) is 6.07 Å². The molecule has 0 saturated carbocycles. The molecule has 1 aromatic carbocycles. The summed E-state index contributed by atoms with van der Waals surface area (Å²) >= 11 is 5.65. The van der Waals surface area contributed by atoms with E-state index < -0.39 is 0 Å². The Bertz CT molecular complexity index is 284. The SMILES string of the molecule is Fc1cccc(SCC=CCS)c1. The first-order valence-corrected chi connectivity index (χ1v) is 5.59. The summed E-state index contributed by atoms with van der Waals surface area (Å²) in [4.78, 5) is 0.962. The van der Waals surface area contributed by atoms with Crippen molar-refractivity contribution in [2.45, 2.75) is 4.90 Å². The zero-order valence-corrected chi connectivity index (χ0v) is 8.82. The van der Waals surface area contributed by atoms with Gasteiger partial charge in [0.05, 0.1) is 0 Å². The molecule has 0 fully saturated rings. The van der Waals surface area contributed by atoms with Crippen LogP contribution in [0.4, 0.5) is 4.39 Å². The number of hydrogen-bond donors (Lipinski definition) is 1. The standard InChI is InChI=1S/C10H11FS2/c11-9-4-3-5-10(8-9)13-7-2-1-6-12/h1-5,8,12H,6-7H2. The van der Waals surface area contributed by atoms with Crippen LogP contribution in [0.1, 0.15) is 0 Å². The van der Waals surface area contributed by atoms with Crippen LogP contribution in [-0.2, 0) is 0 Å². The van der Waals surface area contributed by atoms with Gasteiger partial charge < -0.3 is 0 Å². The lowest BCUT2D eigenvalue weighted by atomic mass is 10.4. The molecule has 0 aromatic heterocycles. The number of hydrogen-bond acceptors (Lipinski definition) is 2. The second kappa shape index (κ2) is 6.11. The minimum atomic E-state index is -0.178. The van der Waals surface area contributed by atoms with Gasteiger partial charge in [-0.25, -0.2) is 4.39 Å². The number of halogens is 1. The van der Waals surface area contributed by atoms with Gasteiger partial charge in [-0.05, 0) is 18.2 Å². The van der Waals surface area contributed by atoms with Gasteiger partial charge in [0.1, 0.15) is 5.82 Å². The molecular formula is C10H11FS2. The highest BCUT2D eigenvalue weighted by atomic mass is 32.2. The van der Waals surface area contributed by atoms with Crippen LogP contribution in [0, 0.1) is 5.82 Å². The summed E-state index contributed by atoms with van der Waals surface area (Å²) in [6.07, 6.45) is 4.01. The molecule has 70 valence electrons. The molecule has 0 atom stereocenters. The summed E-state index contributed by atoms with van der Waals surface area (Å²) in [6, 6.07) is 6.62. The van der Waals surface area contributed by atoms with Gasteiger partial charge in [0.2, 0.25) is 0 Å². The van der Waals surface area contributed by atoms with Gasteiger partial charge in [0, 0.05) is 16.4 Å². The third-order valence-electron chi connectivity index (χ3n) is 1.41. The van der Waals surface area contributed by atoms with Crippen LogP contribution in [0.15, 0.2) is 41.3 Å². The first-order valence-electron chi connectivity index (χ1n) is 3.97. The van der Waals surface area contributed by atoms with Crippen molar-refractivity contribution in [3.63, 3.8) is 0 Å². The van der Waals surface area contributed by atoms with Crippen molar-refractivity contribution in [1.29, 1.82) is 0 Å². The zero-order valence-electron chi connectivity index (χ0n) is 7.11. The van der Waals surface area contributed by atoms with E-state index in [0.717, 1.165) is 16.4 Å². The van der Waals surface area contributed by atoms with E-state index in [4.69, 9.17) is 0 Å². The highest BCUT2D eigenvalue weighted by molar-refractivity contribution is 7.99. The number of thioether (sulfide) groups is 1. The van der Waals surface area contributed by atoms with E-state index >= 15 is 0 Å². The van der Waals surface area contributed by atoms with Gasteiger partial charge in [-0.1, -0.05) is 18.2 Å². The minimum absolute atomic E-state index is 0.178. The highest BCUT2D eigenvalue weighted by Crippen LogP contribution is 2.18. The van der Waals surface area contributed by atoms with Crippen LogP contribution in [0.5, 0.6) is 0 Å². The Kier molecular flexibility index (Phi) is 5.01. The van der Waals surface area contributed by atoms with Crippen molar-refractivity contribution in [3.05, 3.63) is 42.2 Å². The molecule has 0 nitrogen and oxygen atoms in total. The predicted octanol–water partition coefficient (Wildman–Crippen LogP) is 3.40. The summed E-state index contributed by atoms with van der Waals surface area (Å²) < 4.78 is 12.7. The topological polar surface area (TPSA) is 0 Å². The summed E-state index contributed by atoms with van der Waals surface area (Å²) in [5.41, 5.74) is 0. The maximum Gasteiger partial charge on any atom is 0.124 e. The zero-order chi connectivity index (χ0) is 9.52. The van der Waals surface area contributed by atoms with Crippen LogP contribution in [-0.4, -0.2) is 11.5 Å².